The molecule has 0 N–H and O–H groups in total. The molecule has 0 aromatic heterocycles. The fourth-order valence-corrected chi connectivity index (χ4v) is 4.00. The molecule has 0 aromatic carbocycles. The van der Waals surface area contributed by atoms with Crippen LogP contribution in [0.4, 0.5) is 0 Å². The predicted octanol–water partition coefficient (Wildman–Crippen LogP) is 4.66. The van der Waals surface area contributed by atoms with Gasteiger partial charge in [-0.2, -0.15) is 0 Å². The summed E-state index contributed by atoms with van der Waals surface area (Å²) in [5.74, 6) is 1.34. The fraction of sp³-hybridized carbons (Fsp3) is 0.778. The van der Waals surface area contributed by atoms with Gasteiger partial charge in [-0.1, -0.05) is 45.4 Å². The van der Waals surface area contributed by atoms with E-state index in [1.807, 2.05) is 0 Å². The SMILES string of the molecule is CC(C)C1=C(C(C)C)C2(C=C1)CCN(C(C)C)CC2. The van der Waals surface area contributed by atoms with E-state index < -0.39 is 0 Å². The molecule has 1 spiro atoms. The zero-order chi connectivity index (χ0) is 14.2. The molecule has 0 amide bonds. The molecule has 1 saturated heterocycles. The molecule has 2 rings (SSSR count). The predicted molar refractivity (Wildman–Crippen MR) is 84.2 cm³/mol. The van der Waals surface area contributed by atoms with Crippen LogP contribution in [0.15, 0.2) is 23.3 Å². The van der Waals surface area contributed by atoms with E-state index in [0.29, 0.717) is 23.3 Å². The highest BCUT2D eigenvalue weighted by Gasteiger charge is 2.41. The van der Waals surface area contributed by atoms with Crippen LogP contribution in [0, 0.1) is 17.3 Å². The van der Waals surface area contributed by atoms with Gasteiger partial charge in [0, 0.05) is 11.5 Å². The molecule has 1 heterocycles. The summed E-state index contributed by atoms with van der Waals surface area (Å²) >= 11 is 0. The lowest BCUT2D eigenvalue weighted by atomic mass is 9.69. The molecular formula is C18H31N. The van der Waals surface area contributed by atoms with Gasteiger partial charge in [0.25, 0.3) is 0 Å². The number of rotatable bonds is 3. The topological polar surface area (TPSA) is 3.24 Å². The van der Waals surface area contributed by atoms with Crippen molar-refractivity contribution in [2.24, 2.45) is 17.3 Å². The number of hydrogen-bond acceptors (Lipinski definition) is 1. The van der Waals surface area contributed by atoms with E-state index >= 15 is 0 Å². The molecule has 2 aliphatic rings. The monoisotopic (exact) mass is 261 g/mol. The molecule has 1 fully saturated rings. The van der Waals surface area contributed by atoms with Gasteiger partial charge in [0.15, 0.2) is 0 Å². The summed E-state index contributed by atoms with van der Waals surface area (Å²) in [6.45, 7) is 16.6. The Morgan fingerprint density at radius 2 is 1.53 bits per heavy atom. The highest BCUT2D eigenvalue weighted by Crippen LogP contribution is 2.50. The summed E-state index contributed by atoms with van der Waals surface area (Å²) < 4.78 is 0. The van der Waals surface area contributed by atoms with Crippen molar-refractivity contribution < 1.29 is 0 Å². The number of hydrogen-bond donors (Lipinski definition) is 0. The third-order valence-electron chi connectivity index (χ3n) is 5.05. The van der Waals surface area contributed by atoms with E-state index in [4.69, 9.17) is 0 Å². The molecule has 19 heavy (non-hydrogen) atoms. The van der Waals surface area contributed by atoms with Gasteiger partial charge in [-0.15, -0.1) is 0 Å². The molecule has 0 atom stereocenters. The van der Waals surface area contributed by atoms with Gasteiger partial charge in [0.05, 0.1) is 0 Å². The largest absolute Gasteiger partial charge is 0.301 e. The lowest BCUT2D eigenvalue weighted by Gasteiger charge is -2.43. The Kier molecular flexibility index (Phi) is 4.25. The summed E-state index contributed by atoms with van der Waals surface area (Å²) in [7, 11) is 0. The molecule has 1 aliphatic carbocycles. The molecule has 0 unspecified atom stereocenters. The average Bonchev–Trinajstić information content (AvgIpc) is 2.69. The Balaban J connectivity index is 2.24. The Morgan fingerprint density at radius 3 is 1.95 bits per heavy atom. The van der Waals surface area contributed by atoms with Crippen molar-refractivity contribution in [3.05, 3.63) is 23.3 Å². The smallest absolute Gasteiger partial charge is 0.0127 e. The maximum absolute atomic E-state index is 2.63. The molecule has 0 bridgehead atoms. The van der Waals surface area contributed by atoms with Crippen molar-refractivity contribution in [2.75, 3.05) is 13.1 Å². The van der Waals surface area contributed by atoms with Gasteiger partial charge in [-0.25, -0.2) is 0 Å². The summed E-state index contributed by atoms with van der Waals surface area (Å²) in [6, 6.07) is 0.693. The van der Waals surface area contributed by atoms with E-state index in [2.05, 4.69) is 58.6 Å². The van der Waals surface area contributed by atoms with E-state index in [1.165, 1.54) is 25.9 Å². The fourth-order valence-electron chi connectivity index (χ4n) is 4.00. The maximum Gasteiger partial charge on any atom is 0.0127 e. The van der Waals surface area contributed by atoms with Crippen LogP contribution in [-0.4, -0.2) is 24.0 Å². The van der Waals surface area contributed by atoms with E-state index in [0.717, 1.165) is 0 Å². The summed E-state index contributed by atoms with van der Waals surface area (Å²) in [5.41, 5.74) is 3.75. The molecule has 0 radical (unpaired) electrons. The van der Waals surface area contributed by atoms with E-state index in [9.17, 15) is 0 Å². The van der Waals surface area contributed by atoms with Crippen LogP contribution < -0.4 is 0 Å². The quantitative estimate of drug-likeness (QED) is 0.714. The third-order valence-corrected chi connectivity index (χ3v) is 5.05. The molecule has 0 aromatic rings. The van der Waals surface area contributed by atoms with Crippen molar-refractivity contribution in [3.63, 3.8) is 0 Å². The number of likely N-dealkylation sites (tertiary alicyclic amines) is 1. The summed E-state index contributed by atoms with van der Waals surface area (Å²) in [5, 5.41) is 0. The zero-order valence-electron chi connectivity index (χ0n) is 13.7. The average molecular weight is 261 g/mol. The van der Waals surface area contributed by atoms with Crippen LogP contribution in [-0.2, 0) is 0 Å². The minimum Gasteiger partial charge on any atom is -0.301 e. The lowest BCUT2D eigenvalue weighted by Crippen LogP contribution is -2.43. The summed E-state index contributed by atoms with van der Waals surface area (Å²) in [6.07, 6.45) is 7.59. The minimum absolute atomic E-state index is 0.388. The van der Waals surface area contributed by atoms with Crippen molar-refractivity contribution >= 4 is 0 Å². The Bertz CT molecular complexity index is 376. The molecule has 1 nitrogen and oxygen atoms in total. The number of piperidine rings is 1. The maximum atomic E-state index is 2.63. The van der Waals surface area contributed by atoms with Gasteiger partial charge in [-0.3, -0.25) is 0 Å². The molecule has 108 valence electrons. The molecule has 1 heteroatoms. The Labute approximate surface area is 119 Å². The first-order valence-electron chi connectivity index (χ1n) is 8.05. The number of allylic oxidation sites excluding steroid dienone is 4. The molecule has 1 aliphatic heterocycles. The van der Waals surface area contributed by atoms with Gasteiger partial charge >= 0.3 is 0 Å². The molecule has 0 saturated carbocycles. The van der Waals surface area contributed by atoms with Crippen molar-refractivity contribution in [1.29, 1.82) is 0 Å². The van der Waals surface area contributed by atoms with Gasteiger partial charge < -0.3 is 4.90 Å². The van der Waals surface area contributed by atoms with Crippen LogP contribution in [0.5, 0.6) is 0 Å². The van der Waals surface area contributed by atoms with Crippen LogP contribution >= 0.6 is 0 Å². The lowest BCUT2D eigenvalue weighted by molar-refractivity contribution is 0.128. The van der Waals surface area contributed by atoms with Gasteiger partial charge in [-0.05, 0) is 57.2 Å². The first-order valence-corrected chi connectivity index (χ1v) is 8.05. The highest BCUT2D eigenvalue weighted by atomic mass is 15.2. The van der Waals surface area contributed by atoms with Gasteiger partial charge in [0.2, 0.25) is 0 Å². The standard InChI is InChI=1S/C18H31N/c1-13(2)16-7-8-18(17(16)14(3)4)9-11-19(12-10-18)15(5)6/h7-8,13-15H,9-12H2,1-6H3. The Hall–Kier alpha value is -0.560. The first kappa shape index (κ1) is 14.8. The van der Waals surface area contributed by atoms with E-state index in [1.54, 1.807) is 11.1 Å². The first-order chi connectivity index (χ1) is 8.87. The third kappa shape index (κ3) is 2.67. The van der Waals surface area contributed by atoms with Crippen LogP contribution in [0.1, 0.15) is 54.4 Å². The van der Waals surface area contributed by atoms with Crippen LogP contribution in [0.25, 0.3) is 0 Å². The van der Waals surface area contributed by atoms with Crippen molar-refractivity contribution in [2.45, 2.75) is 60.4 Å². The second kappa shape index (κ2) is 5.44. The zero-order valence-corrected chi connectivity index (χ0v) is 13.7. The normalized spacial score (nSPS) is 23.6. The van der Waals surface area contributed by atoms with Crippen LogP contribution in [0.3, 0.4) is 0 Å². The van der Waals surface area contributed by atoms with Crippen molar-refractivity contribution in [1.82, 2.24) is 4.90 Å². The van der Waals surface area contributed by atoms with E-state index in [-0.39, 0.29) is 0 Å². The highest BCUT2D eigenvalue weighted by molar-refractivity contribution is 5.44. The summed E-state index contributed by atoms with van der Waals surface area (Å²) in [4.78, 5) is 2.63. The molecular weight excluding hydrogens is 230 g/mol. The number of nitrogens with zero attached hydrogens (tertiary/aromatic N) is 1. The van der Waals surface area contributed by atoms with Crippen LogP contribution in [0.2, 0.25) is 0 Å². The Morgan fingerprint density at radius 1 is 0.947 bits per heavy atom. The second-order valence-corrected chi connectivity index (χ2v) is 7.30. The second-order valence-electron chi connectivity index (χ2n) is 7.30. The van der Waals surface area contributed by atoms with Gasteiger partial charge in [0.1, 0.15) is 0 Å². The minimum atomic E-state index is 0.388. The van der Waals surface area contributed by atoms with Crippen molar-refractivity contribution in [3.8, 4) is 0 Å².